The zero-order chi connectivity index (χ0) is 16.0. The first kappa shape index (κ1) is 16.5. The van der Waals surface area contributed by atoms with Crippen LogP contribution in [0.4, 0.5) is 5.69 Å². The third-order valence-corrected chi connectivity index (χ3v) is 2.91. The van der Waals surface area contributed by atoms with Crippen molar-refractivity contribution in [2.45, 2.75) is 18.9 Å². The number of carbonyl (C=O) groups excluding carboxylic acids is 2. The van der Waals surface area contributed by atoms with E-state index in [2.05, 4.69) is 5.32 Å². The van der Waals surface area contributed by atoms with E-state index in [4.69, 9.17) is 10.8 Å². The summed E-state index contributed by atoms with van der Waals surface area (Å²) in [5.41, 5.74) is 6.16. The number of carboxylic acid groups (broad SMARTS) is 1. The van der Waals surface area contributed by atoms with E-state index in [0.717, 1.165) is 5.69 Å². The first-order valence-corrected chi connectivity index (χ1v) is 6.40. The summed E-state index contributed by atoms with van der Waals surface area (Å²) in [6, 6.07) is 5.65. The molecular formula is C14H19N3O4. The number of nitrogens with two attached hydrogens (primary N) is 1. The molecule has 1 aromatic rings. The lowest BCUT2D eigenvalue weighted by atomic mass is 10.1. The molecule has 0 saturated carbocycles. The molecule has 0 aromatic heterocycles. The van der Waals surface area contributed by atoms with E-state index in [1.54, 1.807) is 18.2 Å². The van der Waals surface area contributed by atoms with Gasteiger partial charge < -0.3 is 21.1 Å². The Hall–Kier alpha value is -2.57. The van der Waals surface area contributed by atoms with Gasteiger partial charge in [0.05, 0.1) is 0 Å². The minimum absolute atomic E-state index is 0.0379. The van der Waals surface area contributed by atoms with Gasteiger partial charge in [0.1, 0.15) is 6.04 Å². The van der Waals surface area contributed by atoms with Crippen LogP contribution in [0, 0.1) is 0 Å². The molecule has 0 spiro atoms. The highest BCUT2D eigenvalue weighted by atomic mass is 16.4. The first-order chi connectivity index (χ1) is 9.81. The molecule has 7 nitrogen and oxygen atoms in total. The normalized spacial score (nSPS) is 11.5. The summed E-state index contributed by atoms with van der Waals surface area (Å²) in [6.07, 6.45) is -0.140. The second-order valence-electron chi connectivity index (χ2n) is 4.81. The largest absolute Gasteiger partial charge is 0.480 e. The molecular weight excluding hydrogens is 274 g/mol. The highest BCUT2D eigenvalue weighted by Gasteiger charge is 2.21. The summed E-state index contributed by atoms with van der Waals surface area (Å²) < 4.78 is 0. The number of carboxylic acids is 1. The number of nitrogens with one attached hydrogen (secondary N) is 1. The molecule has 0 saturated heterocycles. The van der Waals surface area contributed by atoms with Crippen molar-refractivity contribution in [1.82, 2.24) is 5.32 Å². The second-order valence-corrected chi connectivity index (χ2v) is 4.81. The summed E-state index contributed by atoms with van der Waals surface area (Å²) in [4.78, 5) is 35.7. The standard InChI is InChI=1S/C14H19N3O4/c1-17(2)10-5-3-4-9(8-10)13(19)16-11(14(20)21)6-7-12(15)18/h3-5,8,11H,6-7H2,1-2H3,(H2,15,18)(H,16,19)(H,20,21). The highest BCUT2D eigenvalue weighted by Crippen LogP contribution is 2.13. The van der Waals surface area contributed by atoms with Crippen LogP contribution in [0.2, 0.25) is 0 Å². The van der Waals surface area contributed by atoms with Crippen molar-refractivity contribution in [2.24, 2.45) is 5.73 Å². The molecule has 21 heavy (non-hydrogen) atoms. The van der Waals surface area contributed by atoms with Crippen LogP contribution in [-0.4, -0.2) is 43.0 Å². The van der Waals surface area contributed by atoms with Crippen LogP contribution in [0.25, 0.3) is 0 Å². The van der Waals surface area contributed by atoms with Crippen LogP contribution >= 0.6 is 0 Å². The molecule has 1 aromatic carbocycles. The van der Waals surface area contributed by atoms with Crippen molar-refractivity contribution in [1.29, 1.82) is 0 Å². The fraction of sp³-hybridized carbons (Fsp3) is 0.357. The average Bonchev–Trinajstić information content (AvgIpc) is 2.42. The van der Waals surface area contributed by atoms with Gasteiger partial charge in [-0.25, -0.2) is 4.79 Å². The molecule has 7 heteroatoms. The SMILES string of the molecule is CN(C)c1cccc(C(=O)NC(CCC(N)=O)C(=O)O)c1. The Kier molecular flexibility index (Phi) is 5.71. The Morgan fingerprint density at radius 1 is 1.33 bits per heavy atom. The summed E-state index contributed by atoms with van der Waals surface area (Å²) in [6.45, 7) is 0. The topological polar surface area (TPSA) is 113 Å². The van der Waals surface area contributed by atoms with Crippen molar-refractivity contribution in [3.05, 3.63) is 29.8 Å². The maximum atomic E-state index is 12.1. The third kappa shape index (κ3) is 5.13. The predicted octanol–water partition coefficient (Wildman–Crippen LogP) is 0.201. The van der Waals surface area contributed by atoms with Crippen molar-refractivity contribution in [2.75, 3.05) is 19.0 Å². The zero-order valence-corrected chi connectivity index (χ0v) is 12.0. The number of hydrogen-bond donors (Lipinski definition) is 3. The van der Waals surface area contributed by atoms with Crippen molar-refractivity contribution in [3.8, 4) is 0 Å². The Morgan fingerprint density at radius 2 is 2.00 bits per heavy atom. The molecule has 1 rings (SSSR count). The quantitative estimate of drug-likeness (QED) is 0.664. The molecule has 1 unspecified atom stereocenters. The average molecular weight is 293 g/mol. The van der Waals surface area contributed by atoms with Crippen molar-refractivity contribution < 1.29 is 19.5 Å². The number of carbonyl (C=O) groups is 3. The molecule has 114 valence electrons. The predicted molar refractivity (Wildman–Crippen MR) is 78.1 cm³/mol. The van der Waals surface area contributed by atoms with E-state index < -0.39 is 23.8 Å². The zero-order valence-electron chi connectivity index (χ0n) is 12.0. The maximum absolute atomic E-state index is 12.1. The lowest BCUT2D eigenvalue weighted by molar-refractivity contribution is -0.139. The van der Waals surface area contributed by atoms with Gasteiger partial charge in [0, 0.05) is 31.8 Å². The van der Waals surface area contributed by atoms with Gasteiger partial charge in [-0.05, 0) is 24.6 Å². The van der Waals surface area contributed by atoms with E-state index >= 15 is 0 Å². The monoisotopic (exact) mass is 293 g/mol. The van der Waals surface area contributed by atoms with Crippen molar-refractivity contribution in [3.63, 3.8) is 0 Å². The minimum atomic E-state index is -1.20. The van der Waals surface area contributed by atoms with Gasteiger partial charge in [-0.3, -0.25) is 9.59 Å². The molecule has 0 aliphatic rings. The van der Waals surface area contributed by atoms with E-state index in [-0.39, 0.29) is 12.8 Å². The molecule has 0 aliphatic carbocycles. The lowest BCUT2D eigenvalue weighted by Gasteiger charge is -2.16. The van der Waals surface area contributed by atoms with Gasteiger partial charge in [0.15, 0.2) is 0 Å². The lowest BCUT2D eigenvalue weighted by Crippen LogP contribution is -2.41. The van der Waals surface area contributed by atoms with Crippen LogP contribution in [0.1, 0.15) is 23.2 Å². The minimum Gasteiger partial charge on any atom is -0.480 e. The van der Waals surface area contributed by atoms with Gasteiger partial charge in [0.25, 0.3) is 5.91 Å². The van der Waals surface area contributed by atoms with Gasteiger partial charge in [0.2, 0.25) is 5.91 Å². The van der Waals surface area contributed by atoms with Crippen LogP contribution in [-0.2, 0) is 9.59 Å². The second kappa shape index (κ2) is 7.28. The Labute approximate surface area is 122 Å². The third-order valence-electron chi connectivity index (χ3n) is 2.91. The van der Waals surface area contributed by atoms with E-state index in [1.807, 2.05) is 25.1 Å². The number of hydrogen-bond acceptors (Lipinski definition) is 4. The molecule has 0 radical (unpaired) electrons. The summed E-state index contributed by atoms with van der Waals surface area (Å²) in [5, 5.41) is 11.4. The van der Waals surface area contributed by atoms with Gasteiger partial charge in [-0.1, -0.05) is 6.07 Å². The number of primary amides is 1. The van der Waals surface area contributed by atoms with E-state index in [1.165, 1.54) is 0 Å². The molecule has 0 bridgehead atoms. The van der Waals surface area contributed by atoms with E-state index in [0.29, 0.717) is 5.56 Å². The van der Waals surface area contributed by atoms with Gasteiger partial charge in [-0.2, -0.15) is 0 Å². The smallest absolute Gasteiger partial charge is 0.326 e. The van der Waals surface area contributed by atoms with Crippen molar-refractivity contribution >= 4 is 23.5 Å². The Balaban J connectivity index is 2.79. The highest BCUT2D eigenvalue weighted by molar-refractivity contribution is 5.97. The summed E-state index contributed by atoms with van der Waals surface area (Å²) in [5.74, 6) is -2.31. The number of amides is 2. The fourth-order valence-electron chi connectivity index (χ4n) is 1.71. The number of aliphatic carboxylic acids is 1. The summed E-state index contributed by atoms with van der Waals surface area (Å²) >= 11 is 0. The number of benzene rings is 1. The molecule has 0 aliphatic heterocycles. The Bertz CT molecular complexity index is 543. The first-order valence-electron chi connectivity index (χ1n) is 6.40. The van der Waals surface area contributed by atoms with Crippen LogP contribution in [0.5, 0.6) is 0 Å². The Morgan fingerprint density at radius 3 is 2.52 bits per heavy atom. The van der Waals surface area contributed by atoms with Gasteiger partial charge >= 0.3 is 5.97 Å². The molecule has 2 amide bonds. The van der Waals surface area contributed by atoms with Gasteiger partial charge in [-0.15, -0.1) is 0 Å². The van der Waals surface area contributed by atoms with Crippen LogP contribution < -0.4 is 16.0 Å². The molecule has 0 fully saturated rings. The number of anilines is 1. The maximum Gasteiger partial charge on any atom is 0.326 e. The molecule has 0 heterocycles. The number of nitrogens with zero attached hydrogens (tertiary/aromatic N) is 1. The summed E-state index contributed by atoms with van der Waals surface area (Å²) in [7, 11) is 3.67. The van der Waals surface area contributed by atoms with Crippen LogP contribution in [0.15, 0.2) is 24.3 Å². The molecule has 1 atom stereocenters. The van der Waals surface area contributed by atoms with E-state index in [9.17, 15) is 14.4 Å². The fourth-order valence-corrected chi connectivity index (χ4v) is 1.71. The number of rotatable bonds is 7. The van der Waals surface area contributed by atoms with Crippen LogP contribution in [0.3, 0.4) is 0 Å². The molecule has 4 N–H and O–H groups in total.